The van der Waals surface area contributed by atoms with E-state index in [0.29, 0.717) is 51.4 Å². The predicted molar refractivity (Wildman–Crippen MR) is 269 cm³/mol. The summed E-state index contributed by atoms with van der Waals surface area (Å²) in [5, 5.41) is 0. The van der Waals surface area contributed by atoms with Gasteiger partial charge in [0.05, 0.1) is 48.0 Å². The van der Waals surface area contributed by atoms with Crippen LogP contribution >= 0.6 is 0 Å². The van der Waals surface area contributed by atoms with E-state index in [0.717, 1.165) is 12.2 Å². The molecule has 0 aromatic heterocycles. The van der Waals surface area contributed by atoms with Gasteiger partial charge < -0.3 is 56.8 Å². The van der Waals surface area contributed by atoms with Crippen LogP contribution in [0.2, 0.25) is 0 Å². The predicted octanol–water partition coefficient (Wildman–Crippen LogP) is 6.61. The zero-order valence-electron chi connectivity index (χ0n) is 43.2. The van der Waals surface area contributed by atoms with Crippen LogP contribution in [0, 0.1) is 35.5 Å². The van der Waals surface area contributed by atoms with Crippen molar-refractivity contribution in [2.75, 3.05) is 52.9 Å². The fourth-order valence-electron chi connectivity index (χ4n) is 8.73. The number of carbonyl (C=O) groups excluding carboxylic acids is 10. The molecule has 22 nitrogen and oxygen atoms in total. The SMILES string of the molecule is C=COCCOC(=O)c1cc(OC(=O)C2CCC(C(=O)Oc3ccc(OC(=O)C4CCC(C(=O)OCCOC(=O)C=C)CC4)c(C(=O)OCCOC=C)c3)CC2)ccc1OC(=O)C1CCC(C(=O)OCCOC(=O)C=C)CC1. The van der Waals surface area contributed by atoms with Crippen molar-refractivity contribution in [1.29, 1.82) is 0 Å². The number of ether oxygens (including phenoxy) is 12. The molecule has 0 radical (unpaired) electrons. The van der Waals surface area contributed by atoms with Crippen LogP contribution in [-0.2, 0) is 76.3 Å². The van der Waals surface area contributed by atoms with E-state index in [9.17, 15) is 47.9 Å². The third-order valence-corrected chi connectivity index (χ3v) is 13.0. The van der Waals surface area contributed by atoms with Crippen molar-refractivity contribution in [1.82, 2.24) is 0 Å². The molecule has 0 spiro atoms. The molecule has 420 valence electrons. The summed E-state index contributed by atoms with van der Waals surface area (Å²) in [5.74, 6) is -10.4. The first-order valence-electron chi connectivity index (χ1n) is 25.5. The Morgan fingerprint density at radius 1 is 0.359 bits per heavy atom. The zero-order valence-corrected chi connectivity index (χ0v) is 43.2. The van der Waals surface area contributed by atoms with Gasteiger partial charge in [-0.25, -0.2) is 19.2 Å². The summed E-state index contributed by atoms with van der Waals surface area (Å²) in [5.41, 5.74) is -0.416. The molecule has 0 unspecified atom stereocenters. The molecule has 0 amide bonds. The van der Waals surface area contributed by atoms with E-state index in [4.69, 9.17) is 56.8 Å². The van der Waals surface area contributed by atoms with E-state index in [-0.39, 0.29) is 113 Å². The highest BCUT2D eigenvalue weighted by atomic mass is 16.6. The van der Waals surface area contributed by atoms with Gasteiger partial charge in [-0.2, -0.15) is 0 Å². The van der Waals surface area contributed by atoms with Crippen molar-refractivity contribution in [3.8, 4) is 23.0 Å². The lowest BCUT2D eigenvalue weighted by Gasteiger charge is -2.26. The first-order valence-corrected chi connectivity index (χ1v) is 25.5. The van der Waals surface area contributed by atoms with Crippen molar-refractivity contribution in [2.24, 2.45) is 35.5 Å². The van der Waals surface area contributed by atoms with Gasteiger partial charge in [0.15, 0.2) is 0 Å². The van der Waals surface area contributed by atoms with Crippen LogP contribution < -0.4 is 18.9 Å². The number of esters is 10. The second-order valence-corrected chi connectivity index (χ2v) is 18.1. The van der Waals surface area contributed by atoms with Gasteiger partial charge in [0.1, 0.15) is 87.0 Å². The van der Waals surface area contributed by atoms with Crippen LogP contribution in [-0.4, -0.2) is 113 Å². The summed E-state index contributed by atoms with van der Waals surface area (Å²) in [6.07, 6.45) is 7.77. The lowest BCUT2D eigenvalue weighted by atomic mass is 9.82. The number of rotatable bonds is 28. The summed E-state index contributed by atoms with van der Waals surface area (Å²) in [6.45, 7) is 12.6. The minimum absolute atomic E-state index is 0.0127. The first kappa shape index (κ1) is 60.6. The number of benzene rings is 2. The van der Waals surface area contributed by atoms with E-state index < -0.39 is 95.2 Å². The molecule has 0 heterocycles. The van der Waals surface area contributed by atoms with Crippen LogP contribution in [0.1, 0.15) is 97.8 Å². The molecule has 0 bridgehead atoms. The summed E-state index contributed by atoms with van der Waals surface area (Å²) < 4.78 is 63.5. The van der Waals surface area contributed by atoms with Gasteiger partial charge in [-0.1, -0.05) is 26.3 Å². The summed E-state index contributed by atoms with van der Waals surface area (Å²) in [4.78, 5) is 128. The topological polar surface area (TPSA) is 281 Å². The minimum Gasteiger partial charge on any atom is -0.498 e. The average molecular weight is 1090 g/mol. The fourth-order valence-corrected chi connectivity index (χ4v) is 8.73. The Morgan fingerprint density at radius 2 is 0.641 bits per heavy atom. The quantitative estimate of drug-likeness (QED) is 0.0216. The van der Waals surface area contributed by atoms with Crippen molar-refractivity contribution in [2.45, 2.75) is 77.0 Å². The van der Waals surface area contributed by atoms with Crippen LogP contribution in [0.15, 0.2) is 87.4 Å². The number of hydrogen-bond acceptors (Lipinski definition) is 22. The third-order valence-electron chi connectivity index (χ3n) is 13.0. The van der Waals surface area contributed by atoms with Crippen LogP contribution in [0.3, 0.4) is 0 Å². The van der Waals surface area contributed by atoms with Gasteiger partial charge in [-0.3, -0.25) is 28.8 Å². The Kier molecular flexibility index (Phi) is 24.6. The molecule has 2 aromatic carbocycles. The van der Waals surface area contributed by atoms with Crippen molar-refractivity contribution in [3.63, 3.8) is 0 Å². The molecule has 0 saturated heterocycles. The maximum atomic E-state index is 13.5. The molecule has 5 rings (SSSR count). The van der Waals surface area contributed by atoms with E-state index in [1.54, 1.807) is 0 Å². The lowest BCUT2D eigenvalue weighted by Crippen LogP contribution is -2.31. The van der Waals surface area contributed by atoms with Crippen molar-refractivity contribution < 1.29 is 105 Å². The largest absolute Gasteiger partial charge is 0.498 e. The summed E-state index contributed by atoms with van der Waals surface area (Å²) in [6, 6.07) is 7.75. The summed E-state index contributed by atoms with van der Waals surface area (Å²) >= 11 is 0. The van der Waals surface area contributed by atoms with E-state index in [2.05, 4.69) is 26.3 Å². The monoisotopic (exact) mass is 1090 g/mol. The molecule has 3 aliphatic rings. The van der Waals surface area contributed by atoms with Crippen molar-refractivity contribution >= 4 is 59.7 Å². The lowest BCUT2D eigenvalue weighted by molar-refractivity contribution is -0.155. The Balaban J connectivity index is 1.15. The Morgan fingerprint density at radius 3 is 0.949 bits per heavy atom. The van der Waals surface area contributed by atoms with Gasteiger partial charge in [-0.15, -0.1) is 0 Å². The molecule has 0 aliphatic heterocycles. The molecule has 22 heteroatoms. The second-order valence-electron chi connectivity index (χ2n) is 18.1. The number of carbonyl (C=O) groups is 10. The molecule has 2 aromatic rings. The minimum atomic E-state index is -0.897. The van der Waals surface area contributed by atoms with Gasteiger partial charge >= 0.3 is 59.7 Å². The average Bonchev–Trinajstić information content (AvgIpc) is 3.49. The van der Waals surface area contributed by atoms with E-state index in [1.165, 1.54) is 48.9 Å². The highest BCUT2D eigenvalue weighted by Gasteiger charge is 2.36. The first-order chi connectivity index (χ1) is 37.6. The molecule has 3 fully saturated rings. The molecule has 0 atom stereocenters. The Bertz CT molecular complexity index is 2330. The third kappa shape index (κ3) is 19.1. The van der Waals surface area contributed by atoms with Gasteiger partial charge in [-0.05, 0) is 113 Å². The maximum Gasteiger partial charge on any atom is 0.342 e. The van der Waals surface area contributed by atoms with Crippen LogP contribution in [0.25, 0.3) is 0 Å². The molecule has 3 saturated carbocycles. The number of hydrogen-bond donors (Lipinski definition) is 0. The van der Waals surface area contributed by atoms with Crippen molar-refractivity contribution in [3.05, 3.63) is 98.5 Å². The van der Waals surface area contributed by atoms with Gasteiger partial charge in [0, 0.05) is 12.2 Å². The van der Waals surface area contributed by atoms with Crippen LogP contribution in [0.4, 0.5) is 0 Å². The van der Waals surface area contributed by atoms with Gasteiger partial charge in [0.2, 0.25) is 0 Å². The molecule has 3 aliphatic carbocycles. The highest BCUT2D eigenvalue weighted by Crippen LogP contribution is 2.36. The van der Waals surface area contributed by atoms with E-state index >= 15 is 0 Å². The standard InChI is InChI=1S/C56H64O22/c1-5-47(57)69-29-31-71-49(59)35-9-13-39(14-10-35)53(63)77-45-23-21-41(33-43(45)55(65)73-27-25-67-7-3)75-51(61)37-17-19-38(20-18-37)52(62)76-42-22-24-46(44(34-42)56(66)74-28-26-68-8-4)78-54(64)40-15-11-36(12-16-40)50(60)72-32-30-70-48(58)6-2/h5-8,21-24,33-40H,1-4,9-20,25-32H2. The molecular formula is C56H64O22. The van der Waals surface area contributed by atoms with E-state index in [1.807, 2.05) is 0 Å². The fraction of sp³-hybridized carbons (Fsp3) is 0.464. The van der Waals surface area contributed by atoms with Gasteiger partial charge in [0.25, 0.3) is 0 Å². The smallest absolute Gasteiger partial charge is 0.342 e. The maximum absolute atomic E-state index is 13.5. The normalized spacial score (nSPS) is 19.5. The second kappa shape index (κ2) is 31.7. The summed E-state index contributed by atoms with van der Waals surface area (Å²) in [7, 11) is 0. The highest BCUT2D eigenvalue weighted by molar-refractivity contribution is 5.95. The zero-order chi connectivity index (χ0) is 56.4. The Hall–Kier alpha value is -8.30. The van der Waals surface area contributed by atoms with Crippen LogP contribution in [0.5, 0.6) is 23.0 Å². The molecular weight excluding hydrogens is 1020 g/mol. The Labute approximate surface area is 450 Å². The molecule has 0 N–H and O–H groups in total. The molecule has 78 heavy (non-hydrogen) atoms.